The van der Waals surface area contributed by atoms with Crippen LogP contribution in [-0.4, -0.2) is 36.3 Å². The Morgan fingerprint density at radius 3 is 2.86 bits per heavy atom. The Labute approximate surface area is 213 Å². The smallest absolute Gasteiger partial charge is 0.263 e. The van der Waals surface area contributed by atoms with Gasteiger partial charge in [0, 0.05) is 27.3 Å². The van der Waals surface area contributed by atoms with Gasteiger partial charge in [0.2, 0.25) is 0 Å². The zero-order valence-electron chi connectivity index (χ0n) is 19.3. The second kappa shape index (κ2) is 9.76. The Morgan fingerprint density at radius 2 is 2.09 bits per heavy atom. The number of hydrogen-bond donors (Lipinski definition) is 1. The van der Waals surface area contributed by atoms with E-state index in [0.29, 0.717) is 15.5 Å². The first kappa shape index (κ1) is 23.5. The van der Waals surface area contributed by atoms with E-state index in [0.717, 1.165) is 31.7 Å². The quantitative estimate of drug-likeness (QED) is 0.188. The summed E-state index contributed by atoms with van der Waals surface area (Å²) in [6.07, 6.45) is 4.94. The van der Waals surface area contributed by atoms with Crippen molar-refractivity contribution in [1.82, 2.24) is 24.4 Å². The van der Waals surface area contributed by atoms with E-state index in [1.165, 1.54) is 33.6 Å². The molecule has 0 saturated carbocycles. The third kappa shape index (κ3) is 4.66. The van der Waals surface area contributed by atoms with E-state index in [1.54, 1.807) is 18.0 Å². The van der Waals surface area contributed by atoms with E-state index in [1.807, 2.05) is 53.2 Å². The van der Waals surface area contributed by atoms with Gasteiger partial charge in [-0.1, -0.05) is 44.2 Å². The van der Waals surface area contributed by atoms with Crippen LogP contribution in [0.1, 0.15) is 24.4 Å². The number of hydrogen-bond acceptors (Lipinski definition) is 8. The van der Waals surface area contributed by atoms with Crippen LogP contribution in [0.25, 0.3) is 26.3 Å². The van der Waals surface area contributed by atoms with Crippen LogP contribution in [-0.2, 0) is 11.3 Å². The molecule has 178 valence electrons. The van der Waals surface area contributed by atoms with Gasteiger partial charge in [-0.05, 0) is 12.5 Å². The molecule has 0 radical (unpaired) electrons. The number of nitrogens with one attached hydrogen (secondary N) is 1. The monoisotopic (exact) mass is 522 g/mol. The minimum Gasteiger partial charge on any atom is -0.289 e. The lowest BCUT2D eigenvalue weighted by atomic mass is 10.0. The van der Waals surface area contributed by atoms with E-state index >= 15 is 0 Å². The highest BCUT2D eigenvalue weighted by molar-refractivity contribution is 7.99. The normalized spacial score (nSPS) is 11.9. The fraction of sp³-hybridized carbons (Fsp3) is 0.208. The van der Waals surface area contributed by atoms with Gasteiger partial charge < -0.3 is 0 Å². The van der Waals surface area contributed by atoms with Crippen molar-refractivity contribution in [1.29, 1.82) is 0 Å². The van der Waals surface area contributed by atoms with Gasteiger partial charge in [-0.15, -0.1) is 34.4 Å². The summed E-state index contributed by atoms with van der Waals surface area (Å²) in [6.45, 7) is 5.99. The lowest BCUT2D eigenvalue weighted by Gasteiger charge is -2.06. The van der Waals surface area contributed by atoms with Gasteiger partial charge in [0.1, 0.15) is 22.1 Å². The molecule has 0 unspecified atom stereocenters. The maximum absolute atomic E-state index is 13.3. The first-order valence-corrected chi connectivity index (χ1v) is 13.5. The summed E-state index contributed by atoms with van der Waals surface area (Å²) in [4.78, 5) is 37.6. The SMILES string of the molecule is Cc1sc2ncn(CC(=O)N/N=C/c3c(SC(C)C)nc4sccn34)c(=O)c2c1-c1ccccc1. The Morgan fingerprint density at radius 1 is 1.29 bits per heavy atom. The number of imidazole rings is 1. The predicted molar refractivity (Wildman–Crippen MR) is 144 cm³/mol. The highest BCUT2D eigenvalue weighted by Crippen LogP contribution is 2.35. The predicted octanol–water partition coefficient (Wildman–Crippen LogP) is 4.79. The summed E-state index contributed by atoms with van der Waals surface area (Å²) in [5, 5.41) is 7.84. The molecule has 1 N–H and O–H groups in total. The summed E-state index contributed by atoms with van der Waals surface area (Å²) >= 11 is 4.66. The van der Waals surface area contributed by atoms with Crippen molar-refractivity contribution in [2.75, 3.05) is 0 Å². The van der Waals surface area contributed by atoms with E-state index in [-0.39, 0.29) is 12.1 Å². The van der Waals surface area contributed by atoms with Crippen molar-refractivity contribution in [2.45, 2.75) is 37.6 Å². The number of fused-ring (bicyclic) bond motifs is 2. The lowest BCUT2D eigenvalue weighted by molar-refractivity contribution is -0.121. The maximum atomic E-state index is 13.3. The van der Waals surface area contributed by atoms with E-state index in [9.17, 15) is 9.59 Å². The molecule has 35 heavy (non-hydrogen) atoms. The fourth-order valence-electron chi connectivity index (χ4n) is 3.77. The second-order valence-corrected chi connectivity index (χ2v) is 11.7. The molecule has 4 aromatic heterocycles. The highest BCUT2D eigenvalue weighted by atomic mass is 32.2. The van der Waals surface area contributed by atoms with Crippen LogP contribution in [0.3, 0.4) is 0 Å². The molecule has 0 aliphatic carbocycles. The van der Waals surface area contributed by atoms with Crippen LogP contribution in [0.5, 0.6) is 0 Å². The summed E-state index contributed by atoms with van der Waals surface area (Å²) in [5.74, 6) is -0.415. The molecule has 1 aromatic carbocycles. The van der Waals surface area contributed by atoms with Crippen molar-refractivity contribution in [3.63, 3.8) is 0 Å². The van der Waals surface area contributed by atoms with Crippen molar-refractivity contribution >= 4 is 61.7 Å². The summed E-state index contributed by atoms with van der Waals surface area (Å²) in [5.41, 5.74) is 4.92. The van der Waals surface area contributed by atoms with Gasteiger partial charge in [0.15, 0.2) is 4.96 Å². The standard InChI is InChI=1S/C24H22N6O2S3/c1-14(2)34-21-17(30-9-10-33-24(30)27-21)11-26-28-18(31)12-29-13-25-22-20(23(29)32)19(15(3)35-22)16-7-5-4-6-8-16/h4-11,13-14H,12H2,1-3H3,(H,28,31)/b26-11+. The molecule has 0 saturated heterocycles. The van der Waals surface area contributed by atoms with Gasteiger partial charge in [-0.2, -0.15) is 5.10 Å². The number of benzene rings is 1. The molecule has 0 spiro atoms. The molecule has 0 aliphatic rings. The number of thiazole rings is 1. The minimum atomic E-state index is -0.415. The number of amides is 1. The average Bonchev–Trinajstić information content (AvgIpc) is 3.50. The summed E-state index contributed by atoms with van der Waals surface area (Å²) < 4.78 is 3.26. The number of thiophene rings is 1. The van der Waals surface area contributed by atoms with Gasteiger partial charge in [0.25, 0.3) is 11.5 Å². The first-order chi connectivity index (χ1) is 16.9. The molecule has 0 fully saturated rings. The van der Waals surface area contributed by atoms with Crippen LogP contribution < -0.4 is 11.0 Å². The number of carbonyl (C=O) groups excluding carboxylic acids is 1. The molecule has 8 nitrogen and oxygen atoms in total. The topological polar surface area (TPSA) is 93.7 Å². The molecule has 5 rings (SSSR count). The summed E-state index contributed by atoms with van der Waals surface area (Å²) in [7, 11) is 0. The third-order valence-corrected chi connectivity index (χ3v) is 7.98. The number of hydrazone groups is 1. The van der Waals surface area contributed by atoms with Crippen LogP contribution in [0.2, 0.25) is 0 Å². The Bertz CT molecular complexity index is 1610. The largest absolute Gasteiger partial charge is 0.289 e. The molecule has 11 heteroatoms. The molecule has 0 atom stereocenters. The molecule has 1 amide bonds. The molecule has 0 aliphatic heterocycles. The Kier molecular flexibility index (Phi) is 6.54. The van der Waals surface area contributed by atoms with Crippen LogP contribution in [0.15, 0.2) is 63.2 Å². The molecule has 4 heterocycles. The fourth-order valence-corrected chi connectivity index (χ4v) is 6.41. The van der Waals surface area contributed by atoms with Gasteiger partial charge in [-0.25, -0.2) is 15.4 Å². The van der Waals surface area contributed by atoms with Gasteiger partial charge in [-0.3, -0.25) is 18.6 Å². The van der Waals surface area contributed by atoms with Crippen molar-refractivity contribution in [3.8, 4) is 11.1 Å². The number of rotatable bonds is 7. The zero-order chi connectivity index (χ0) is 24.5. The zero-order valence-corrected chi connectivity index (χ0v) is 21.7. The van der Waals surface area contributed by atoms with Crippen LogP contribution >= 0.6 is 34.4 Å². The number of thioether (sulfide) groups is 1. The van der Waals surface area contributed by atoms with Crippen molar-refractivity contribution in [3.05, 3.63) is 69.2 Å². The molecular weight excluding hydrogens is 501 g/mol. The molecule has 5 aromatic rings. The molecular formula is C24H22N6O2S3. The van der Waals surface area contributed by atoms with Crippen molar-refractivity contribution in [2.24, 2.45) is 5.10 Å². The third-order valence-electron chi connectivity index (χ3n) is 5.22. The average molecular weight is 523 g/mol. The second-order valence-electron chi connectivity index (χ2n) is 8.07. The Balaban J connectivity index is 1.38. The number of aromatic nitrogens is 4. The van der Waals surface area contributed by atoms with Gasteiger partial charge >= 0.3 is 0 Å². The van der Waals surface area contributed by atoms with Crippen LogP contribution in [0, 0.1) is 6.92 Å². The van der Waals surface area contributed by atoms with Crippen molar-refractivity contribution < 1.29 is 4.79 Å². The summed E-state index contributed by atoms with van der Waals surface area (Å²) in [6, 6.07) is 9.76. The maximum Gasteiger partial charge on any atom is 0.263 e. The number of nitrogens with zero attached hydrogens (tertiary/aromatic N) is 5. The lowest BCUT2D eigenvalue weighted by Crippen LogP contribution is -2.30. The minimum absolute atomic E-state index is 0.184. The highest BCUT2D eigenvalue weighted by Gasteiger charge is 2.18. The first-order valence-electron chi connectivity index (χ1n) is 10.9. The number of carbonyl (C=O) groups is 1. The Hall–Kier alpha value is -3.28. The van der Waals surface area contributed by atoms with Gasteiger partial charge in [0.05, 0.1) is 17.9 Å². The molecule has 0 bridgehead atoms. The van der Waals surface area contributed by atoms with Crippen LogP contribution in [0.4, 0.5) is 0 Å². The van der Waals surface area contributed by atoms with E-state index in [2.05, 4.69) is 34.3 Å². The van der Waals surface area contributed by atoms with E-state index < -0.39 is 5.91 Å². The number of aryl methyl sites for hydroxylation is 1. The van der Waals surface area contributed by atoms with E-state index in [4.69, 9.17) is 0 Å².